The minimum absolute atomic E-state index is 0.108. The van der Waals surface area contributed by atoms with Crippen molar-refractivity contribution in [2.75, 3.05) is 11.2 Å². The first-order valence-electron chi connectivity index (χ1n) is 6.24. The fourth-order valence-corrected chi connectivity index (χ4v) is 3.52. The normalized spacial score (nSPS) is 10.5. The maximum Gasteiger partial charge on any atom is 0.248 e. The maximum absolute atomic E-state index is 11.8. The Morgan fingerprint density at radius 2 is 2.14 bits per heavy atom. The zero-order chi connectivity index (χ0) is 14.5. The number of nitrogens with one attached hydrogen (secondary N) is 2. The van der Waals surface area contributed by atoms with Gasteiger partial charge in [0, 0.05) is 6.20 Å². The third-order valence-electron chi connectivity index (χ3n) is 2.61. The average Bonchev–Trinajstić information content (AvgIpc) is 2.95. The summed E-state index contributed by atoms with van der Waals surface area (Å²) in [6.45, 7) is 0. The highest BCUT2D eigenvalue weighted by atomic mass is 32.2. The molecule has 1 aromatic carbocycles. The predicted octanol–water partition coefficient (Wildman–Crippen LogP) is 2.93. The number of aromatic nitrogens is 2. The predicted molar refractivity (Wildman–Crippen MR) is 86.3 cm³/mol. The highest BCUT2D eigenvalue weighted by Gasteiger charge is 2.07. The smallest absolute Gasteiger partial charge is 0.248 e. The van der Waals surface area contributed by atoms with Crippen LogP contribution in [0.3, 0.4) is 0 Å². The van der Waals surface area contributed by atoms with Crippen LogP contribution in [0.2, 0.25) is 0 Å². The lowest BCUT2D eigenvalue weighted by atomic mass is 10.3. The van der Waals surface area contributed by atoms with Crippen LogP contribution in [0.1, 0.15) is 0 Å². The van der Waals surface area contributed by atoms with E-state index in [-0.39, 0.29) is 5.91 Å². The van der Waals surface area contributed by atoms with Crippen LogP contribution in [0.25, 0.3) is 10.2 Å². The molecule has 0 saturated heterocycles. The molecule has 0 bridgehead atoms. The van der Waals surface area contributed by atoms with Gasteiger partial charge in [0.1, 0.15) is 0 Å². The van der Waals surface area contributed by atoms with Crippen LogP contribution in [0, 0.1) is 0 Å². The number of amides is 1. The summed E-state index contributed by atoms with van der Waals surface area (Å²) in [5.41, 5.74) is 7.16. The Morgan fingerprint density at radius 1 is 1.24 bits per heavy atom. The van der Waals surface area contributed by atoms with Gasteiger partial charge in [-0.1, -0.05) is 23.9 Å². The summed E-state index contributed by atoms with van der Waals surface area (Å²) in [6, 6.07) is 11.6. The first-order chi connectivity index (χ1) is 10.3. The summed E-state index contributed by atoms with van der Waals surface area (Å²) < 4.78 is 2.03. The SMILES string of the molecule is O=C(CSc1nc2ccccc2s1)NNc1cccnc1. The van der Waals surface area contributed by atoms with Gasteiger partial charge in [-0.05, 0) is 24.3 Å². The van der Waals surface area contributed by atoms with Gasteiger partial charge < -0.3 is 0 Å². The Kier molecular flexibility index (Phi) is 4.32. The van der Waals surface area contributed by atoms with Crippen molar-refractivity contribution in [1.82, 2.24) is 15.4 Å². The standard InChI is InChI=1S/C14H12N4OS2/c19-13(18-17-10-4-3-7-15-8-10)9-20-14-16-11-5-1-2-6-12(11)21-14/h1-8,17H,9H2,(H,18,19). The van der Waals surface area contributed by atoms with Gasteiger partial charge in [0.15, 0.2) is 4.34 Å². The number of anilines is 1. The van der Waals surface area contributed by atoms with Crippen molar-refractivity contribution in [2.24, 2.45) is 0 Å². The van der Waals surface area contributed by atoms with E-state index >= 15 is 0 Å². The molecule has 3 aromatic rings. The number of hydrogen-bond acceptors (Lipinski definition) is 6. The molecule has 21 heavy (non-hydrogen) atoms. The number of pyridine rings is 1. The molecule has 7 heteroatoms. The van der Waals surface area contributed by atoms with Gasteiger partial charge in [-0.3, -0.25) is 20.6 Å². The van der Waals surface area contributed by atoms with Crippen LogP contribution in [0.4, 0.5) is 5.69 Å². The van der Waals surface area contributed by atoms with E-state index in [2.05, 4.69) is 20.8 Å². The van der Waals surface area contributed by atoms with E-state index in [0.29, 0.717) is 5.75 Å². The first kappa shape index (κ1) is 13.8. The van der Waals surface area contributed by atoms with Gasteiger partial charge in [0.05, 0.1) is 27.9 Å². The van der Waals surface area contributed by atoms with Gasteiger partial charge >= 0.3 is 0 Å². The van der Waals surface area contributed by atoms with Crippen molar-refractivity contribution < 1.29 is 4.79 Å². The lowest BCUT2D eigenvalue weighted by Crippen LogP contribution is -2.30. The maximum atomic E-state index is 11.8. The molecule has 0 atom stereocenters. The highest BCUT2D eigenvalue weighted by molar-refractivity contribution is 8.01. The van der Waals surface area contributed by atoms with Gasteiger partial charge in [-0.15, -0.1) is 11.3 Å². The van der Waals surface area contributed by atoms with Crippen LogP contribution in [0.15, 0.2) is 53.1 Å². The van der Waals surface area contributed by atoms with E-state index in [1.165, 1.54) is 11.8 Å². The summed E-state index contributed by atoms with van der Waals surface area (Å²) in [5, 5.41) is 0. The molecule has 1 amide bonds. The number of thioether (sulfide) groups is 1. The lowest BCUT2D eigenvalue weighted by molar-refractivity contribution is -0.118. The molecule has 2 N–H and O–H groups in total. The van der Waals surface area contributed by atoms with Crippen LogP contribution < -0.4 is 10.9 Å². The molecule has 5 nitrogen and oxygen atoms in total. The molecule has 0 aliphatic heterocycles. The van der Waals surface area contributed by atoms with E-state index < -0.39 is 0 Å². The molecule has 3 rings (SSSR count). The third kappa shape index (κ3) is 3.71. The minimum Gasteiger partial charge on any atom is -0.297 e. The fraction of sp³-hybridized carbons (Fsp3) is 0.0714. The highest BCUT2D eigenvalue weighted by Crippen LogP contribution is 2.28. The van der Waals surface area contributed by atoms with Crippen molar-refractivity contribution in [3.63, 3.8) is 0 Å². The van der Waals surface area contributed by atoms with Crippen LogP contribution in [-0.2, 0) is 4.79 Å². The quantitative estimate of drug-likeness (QED) is 0.559. The fourth-order valence-electron chi connectivity index (χ4n) is 1.65. The molecule has 0 aliphatic rings. The number of para-hydroxylation sites is 1. The Morgan fingerprint density at radius 3 is 2.95 bits per heavy atom. The molecular formula is C14H12N4OS2. The summed E-state index contributed by atoms with van der Waals surface area (Å²) in [5.74, 6) is 0.204. The number of fused-ring (bicyclic) bond motifs is 1. The Balaban J connectivity index is 1.51. The van der Waals surface area contributed by atoms with Crippen molar-refractivity contribution in [1.29, 1.82) is 0 Å². The molecule has 0 spiro atoms. The zero-order valence-electron chi connectivity index (χ0n) is 10.9. The Bertz CT molecular complexity index is 712. The molecular weight excluding hydrogens is 304 g/mol. The number of rotatable bonds is 5. The Hall–Kier alpha value is -2.12. The van der Waals surface area contributed by atoms with E-state index in [4.69, 9.17) is 0 Å². The second-order valence-corrected chi connectivity index (χ2v) is 6.40. The number of carbonyl (C=O) groups excluding carboxylic acids is 1. The largest absolute Gasteiger partial charge is 0.297 e. The van der Waals surface area contributed by atoms with E-state index in [0.717, 1.165) is 20.2 Å². The number of hydrazine groups is 1. The number of thiazole rings is 1. The topological polar surface area (TPSA) is 66.9 Å². The van der Waals surface area contributed by atoms with Crippen molar-refractivity contribution in [3.05, 3.63) is 48.8 Å². The van der Waals surface area contributed by atoms with Crippen LogP contribution in [0.5, 0.6) is 0 Å². The number of carbonyl (C=O) groups is 1. The van der Waals surface area contributed by atoms with Crippen molar-refractivity contribution in [2.45, 2.75) is 4.34 Å². The summed E-state index contributed by atoms with van der Waals surface area (Å²) in [6.07, 6.45) is 3.32. The average molecular weight is 316 g/mol. The van der Waals surface area contributed by atoms with E-state index in [1.54, 1.807) is 29.8 Å². The van der Waals surface area contributed by atoms with Crippen LogP contribution >= 0.6 is 23.1 Å². The number of benzene rings is 1. The monoisotopic (exact) mass is 316 g/mol. The summed E-state index contributed by atoms with van der Waals surface area (Å²) in [7, 11) is 0. The summed E-state index contributed by atoms with van der Waals surface area (Å²) >= 11 is 3.02. The first-order valence-corrected chi connectivity index (χ1v) is 8.05. The molecule has 0 radical (unpaired) electrons. The van der Waals surface area contributed by atoms with Crippen molar-refractivity contribution >= 4 is 44.9 Å². The molecule has 0 aliphatic carbocycles. The molecule has 0 unspecified atom stereocenters. The molecule has 106 valence electrons. The van der Waals surface area contributed by atoms with E-state index in [9.17, 15) is 4.79 Å². The number of nitrogens with zero attached hydrogens (tertiary/aromatic N) is 2. The van der Waals surface area contributed by atoms with E-state index in [1.807, 2.05) is 30.3 Å². The van der Waals surface area contributed by atoms with Crippen LogP contribution in [-0.4, -0.2) is 21.6 Å². The Labute approximate surface area is 129 Å². The van der Waals surface area contributed by atoms with Gasteiger partial charge in [-0.25, -0.2) is 4.98 Å². The van der Waals surface area contributed by atoms with Gasteiger partial charge in [0.2, 0.25) is 5.91 Å². The third-order valence-corrected chi connectivity index (χ3v) is 4.79. The number of hydrogen-bond donors (Lipinski definition) is 2. The second-order valence-electron chi connectivity index (χ2n) is 4.15. The minimum atomic E-state index is -0.108. The molecule has 2 heterocycles. The van der Waals surface area contributed by atoms with Gasteiger partial charge in [-0.2, -0.15) is 0 Å². The lowest BCUT2D eigenvalue weighted by Gasteiger charge is -2.06. The molecule has 0 saturated carbocycles. The molecule has 2 aromatic heterocycles. The zero-order valence-corrected chi connectivity index (χ0v) is 12.6. The second kappa shape index (κ2) is 6.55. The summed E-state index contributed by atoms with van der Waals surface area (Å²) in [4.78, 5) is 20.2. The van der Waals surface area contributed by atoms with Gasteiger partial charge in [0.25, 0.3) is 0 Å². The van der Waals surface area contributed by atoms with Crippen molar-refractivity contribution in [3.8, 4) is 0 Å². The molecule has 0 fully saturated rings.